The smallest absolute Gasteiger partial charge is 0.326 e. The Hall–Kier alpha value is -5.97. The molecule has 53 heavy (non-hydrogen) atoms. The van der Waals surface area contributed by atoms with Gasteiger partial charge in [0.15, 0.2) is 5.78 Å². The van der Waals surface area contributed by atoms with Crippen molar-refractivity contribution >= 4 is 29.5 Å². The summed E-state index contributed by atoms with van der Waals surface area (Å²) in [5, 5.41) is 36.7. The number of phenolic OH excluding ortho intramolecular Hbond substituents is 2. The molecule has 4 aromatic rings. The number of unbranched alkanes of at least 4 members (excludes halogenated alkanes) is 1. The number of aromatic hydroxyl groups is 2. The summed E-state index contributed by atoms with van der Waals surface area (Å²) in [4.78, 5) is 66.9. The number of phenols is 2. The first-order valence-electron chi connectivity index (χ1n) is 17.8. The summed E-state index contributed by atoms with van der Waals surface area (Å²) in [7, 11) is 1.45. The van der Waals surface area contributed by atoms with E-state index in [0.717, 1.165) is 30.4 Å². The largest absolute Gasteiger partial charge is 0.507 e. The van der Waals surface area contributed by atoms with E-state index in [1.807, 2.05) is 12.1 Å². The van der Waals surface area contributed by atoms with Gasteiger partial charge in [0.1, 0.15) is 23.6 Å². The zero-order valence-corrected chi connectivity index (χ0v) is 30.1. The van der Waals surface area contributed by atoms with E-state index in [-0.39, 0.29) is 54.3 Å². The van der Waals surface area contributed by atoms with Crippen molar-refractivity contribution in [2.75, 3.05) is 13.6 Å². The number of carbonyl (C=O) groups excluding carboxylic acids is 4. The molecule has 1 aliphatic rings. The molecule has 11 nitrogen and oxygen atoms in total. The molecule has 0 fully saturated rings. The lowest BCUT2D eigenvalue weighted by atomic mass is 9.90. The minimum atomic E-state index is -1.32. The van der Waals surface area contributed by atoms with Gasteiger partial charge in [-0.25, -0.2) is 4.79 Å². The van der Waals surface area contributed by atoms with Gasteiger partial charge in [-0.05, 0) is 77.1 Å². The van der Waals surface area contributed by atoms with Crippen LogP contribution < -0.4 is 10.6 Å². The van der Waals surface area contributed by atoms with E-state index < -0.39 is 41.6 Å². The molecule has 1 aliphatic heterocycles. The highest BCUT2D eigenvalue weighted by Gasteiger charge is 2.33. The van der Waals surface area contributed by atoms with E-state index in [9.17, 15) is 39.3 Å². The standard InChI is InChI=1S/C42H45N3O8/c1-4-5-6-26-7-10-28(11-8-26)29-12-14-30(15-13-29)41(51)43-20-19-38(49)45(3)39-31-16-18-36(47)33(24-31)32-22-27(9-17-35(32)46)23-34(42(52)53)44-40(50)25(2)21-37(39)48/h7-18,22,24-25,34,39,46-47H,4-6,19-21,23H2,1-3H3,(H,43,51)(H,44,50)(H,52,53)/t25-,34+,39+/m1/s1. The monoisotopic (exact) mass is 719 g/mol. The number of amides is 3. The first-order valence-corrected chi connectivity index (χ1v) is 17.8. The van der Waals surface area contributed by atoms with Gasteiger partial charge in [-0.3, -0.25) is 19.2 Å². The van der Waals surface area contributed by atoms with Gasteiger partial charge >= 0.3 is 5.97 Å². The fraction of sp³-hybridized carbons (Fsp3) is 0.310. The van der Waals surface area contributed by atoms with Gasteiger partial charge in [-0.15, -0.1) is 0 Å². The Balaban J connectivity index is 1.32. The molecule has 5 rings (SSSR count). The van der Waals surface area contributed by atoms with Crippen LogP contribution in [0, 0.1) is 5.92 Å². The number of aryl methyl sites for hydroxylation is 1. The summed E-state index contributed by atoms with van der Waals surface area (Å²) in [5.74, 6) is -4.59. The third-order valence-corrected chi connectivity index (χ3v) is 9.66. The SMILES string of the molecule is CCCCc1ccc(-c2ccc(C(=O)NCCC(=O)N(C)[C@@H]3C(=O)C[C@@H](C)C(=O)N[C@H](C(=O)O)Cc4ccc(O)c(c4)-c4cc3ccc4O)cc2)cc1. The number of nitrogens with one attached hydrogen (secondary N) is 2. The predicted molar refractivity (Wildman–Crippen MR) is 200 cm³/mol. The number of carbonyl (C=O) groups is 5. The highest BCUT2D eigenvalue weighted by molar-refractivity contribution is 5.96. The Bertz CT molecular complexity index is 1990. The maximum absolute atomic E-state index is 13.9. The number of carboxylic acids is 1. The first-order chi connectivity index (χ1) is 25.4. The van der Waals surface area contributed by atoms with Crippen LogP contribution >= 0.6 is 0 Å². The van der Waals surface area contributed by atoms with Gasteiger partial charge in [0.25, 0.3) is 5.91 Å². The van der Waals surface area contributed by atoms with E-state index in [2.05, 4.69) is 41.8 Å². The van der Waals surface area contributed by atoms with Crippen LogP contribution in [0.5, 0.6) is 11.5 Å². The minimum Gasteiger partial charge on any atom is -0.507 e. The molecule has 3 atom stereocenters. The molecule has 0 saturated carbocycles. The van der Waals surface area contributed by atoms with Crippen LogP contribution in [0.3, 0.4) is 0 Å². The number of aliphatic carboxylic acids is 1. The summed E-state index contributed by atoms with van der Waals surface area (Å²) in [6.07, 6.45) is 2.75. The molecule has 11 heteroatoms. The summed E-state index contributed by atoms with van der Waals surface area (Å²) >= 11 is 0. The van der Waals surface area contributed by atoms with Crippen LogP contribution in [-0.4, -0.2) is 69.3 Å². The van der Waals surface area contributed by atoms with Crippen LogP contribution in [0.1, 0.15) is 72.6 Å². The van der Waals surface area contributed by atoms with Gasteiger partial charge in [-0.1, -0.05) is 68.8 Å². The van der Waals surface area contributed by atoms with Crippen molar-refractivity contribution < 1.29 is 39.3 Å². The van der Waals surface area contributed by atoms with Crippen LogP contribution in [0.15, 0.2) is 84.9 Å². The van der Waals surface area contributed by atoms with E-state index in [4.69, 9.17) is 0 Å². The number of rotatable bonds is 10. The molecule has 4 bridgehead atoms. The number of carboxylic acid groups (broad SMARTS) is 1. The molecule has 276 valence electrons. The van der Waals surface area contributed by atoms with Gasteiger partial charge < -0.3 is 30.9 Å². The summed E-state index contributed by atoms with van der Waals surface area (Å²) in [6, 6.07) is 21.8. The number of benzene rings is 4. The van der Waals surface area contributed by atoms with Gasteiger partial charge in [-0.2, -0.15) is 0 Å². The number of hydrogen-bond acceptors (Lipinski definition) is 7. The maximum atomic E-state index is 13.9. The lowest BCUT2D eigenvalue weighted by molar-refractivity contribution is -0.143. The second-order valence-corrected chi connectivity index (χ2v) is 13.6. The summed E-state index contributed by atoms with van der Waals surface area (Å²) in [5.41, 5.74) is 4.89. The Kier molecular flexibility index (Phi) is 12.3. The molecule has 5 N–H and O–H groups in total. The molecule has 0 unspecified atom stereocenters. The second-order valence-electron chi connectivity index (χ2n) is 13.6. The van der Waals surface area contributed by atoms with E-state index >= 15 is 0 Å². The highest BCUT2D eigenvalue weighted by atomic mass is 16.4. The first kappa shape index (κ1) is 38.3. The third-order valence-electron chi connectivity index (χ3n) is 9.66. The van der Waals surface area contributed by atoms with Crippen molar-refractivity contribution in [2.24, 2.45) is 5.92 Å². The van der Waals surface area contributed by atoms with Crippen molar-refractivity contribution in [1.29, 1.82) is 0 Å². The zero-order chi connectivity index (χ0) is 38.2. The molecule has 1 heterocycles. The molecule has 4 aromatic carbocycles. The number of ketones is 1. The van der Waals surface area contributed by atoms with Gasteiger partial charge in [0, 0.05) is 55.5 Å². The lowest BCUT2D eigenvalue weighted by Crippen LogP contribution is -2.45. The molecule has 0 aromatic heterocycles. The van der Waals surface area contributed by atoms with Gasteiger partial charge in [0.05, 0.1) is 0 Å². The molecular formula is C42H45N3O8. The van der Waals surface area contributed by atoms with Gasteiger partial charge in [0.2, 0.25) is 11.8 Å². The predicted octanol–water partition coefficient (Wildman–Crippen LogP) is 5.81. The van der Waals surface area contributed by atoms with E-state index in [1.165, 1.54) is 60.8 Å². The molecule has 0 spiro atoms. The van der Waals surface area contributed by atoms with Crippen LogP contribution in [0.4, 0.5) is 0 Å². The Morgan fingerprint density at radius 3 is 2.11 bits per heavy atom. The van der Waals surface area contributed by atoms with Crippen LogP contribution in [0.25, 0.3) is 22.3 Å². The molecule has 0 radical (unpaired) electrons. The van der Waals surface area contributed by atoms with E-state index in [1.54, 1.807) is 12.1 Å². The van der Waals surface area contributed by atoms with E-state index in [0.29, 0.717) is 16.7 Å². The minimum absolute atomic E-state index is 0.0131. The number of nitrogens with zero attached hydrogens (tertiary/aromatic N) is 1. The van der Waals surface area contributed by atoms with Crippen molar-refractivity contribution in [3.63, 3.8) is 0 Å². The summed E-state index contributed by atoms with van der Waals surface area (Å²) < 4.78 is 0. The second kappa shape index (κ2) is 17.0. The topological polar surface area (TPSA) is 173 Å². The Morgan fingerprint density at radius 2 is 1.47 bits per heavy atom. The third kappa shape index (κ3) is 9.29. The lowest BCUT2D eigenvalue weighted by Gasteiger charge is -2.29. The number of hydrogen-bond donors (Lipinski definition) is 5. The van der Waals surface area contributed by atoms with Crippen LogP contribution in [-0.2, 0) is 32.0 Å². The fourth-order valence-electron chi connectivity index (χ4n) is 6.51. The fourth-order valence-corrected chi connectivity index (χ4v) is 6.51. The number of Topliss-reactive ketones (excluding diaryl/α,β-unsaturated/α-hetero) is 1. The molecule has 3 amide bonds. The van der Waals surface area contributed by atoms with Crippen molar-refractivity contribution in [3.8, 4) is 33.8 Å². The molecular weight excluding hydrogens is 674 g/mol. The molecule has 0 aliphatic carbocycles. The average Bonchev–Trinajstić information content (AvgIpc) is 3.14. The zero-order valence-electron chi connectivity index (χ0n) is 30.1. The highest BCUT2D eigenvalue weighted by Crippen LogP contribution is 2.39. The normalized spacial score (nSPS) is 17.3. The maximum Gasteiger partial charge on any atom is 0.326 e. The number of likely N-dealkylation sites (N-methyl/N-ethyl adjacent to an activating group) is 1. The average molecular weight is 720 g/mol. The quantitative estimate of drug-likeness (QED) is 0.137. The molecule has 0 saturated heterocycles. The Morgan fingerprint density at radius 1 is 0.849 bits per heavy atom. The van der Waals surface area contributed by atoms with Crippen molar-refractivity contribution in [1.82, 2.24) is 15.5 Å². The van der Waals surface area contributed by atoms with Crippen molar-refractivity contribution in [2.45, 2.75) is 64.5 Å². The Labute approximate surface area is 308 Å². The summed E-state index contributed by atoms with van der Waals surface area (Å²) in [6.45, 7) is 3.66. The number of fused-ring (bicyclic) bond motifs is 5. The van der Waals surface area contributed by atoms with Crippen LogP contribution in [0.2, 0.25) is 0 Å². The van der Waals surface area contributed by atoms with Crippen molar-refractivity contribution in [3.05, 3.63) is 107 Å².